The summed E-state index contributed by atoms with van der Waals surface area (Å²) in [5.41, 5.74) is 2.58. The highest BCUT2D eigenvalue weighted by atomic mass is 32.1. The smallest absolute Gasteiger partial charge is 0.338 e. The Balaban J connectivity index is 1.83. The summed E-state index contributed by atoms with van der Waals surface area (Å²) in [5.74, 6) is 1.18. The number of nitrogens with zero attached hydrogens (tertiary/aromatic N) is 2. The molecule has 4 aromatic rings. The van der Waals surface area contributed by atoms with Crippen molar-refractivity contribution in [3.63, 3.8) is 0 Å². The number of thiazole rings is 1. The van der Waals surface area contributed by atoms with Gasteiger partial charge < -0.3 is 18.9 Å². The summed E-state index contributed by atoms with van der Waals surface area (Å²) < 4.78 is 24.4. The lowest BCUT2D eigenvalue weighted by atomic mass is 9.93. The maximum Gasteiger partial charge on any atom is 0.338 e. The summed E-state index contributed by atoms with van der Waals surface area (Å²) in [4.78, 5) is 33.1. The number of aromatic nitrogens is 1. The average molecular weight is 571 g/mol. The van der Waals surface area contributed by atoms with Gasteiger partial charge in [-0.3, -0.25) is 9.36 Å². The molecule has 2 heterocycles. The van der Waals surface area contributed by atoms with Crippen LogP contribution in [0.4, 0.5) is 0 Å². The van der Waals surface area contributed by atoms with Crippen molar-refractivity contribution in [1.29, 1.82) is 0 Å². The molecular formula is C32H30N2O6S. The molecule has 0 aliphatic carbocycles. The summed E-state index contributed by atoms with van der Waals surface area (Å²) in [5, 5.41) is 0. The first-order chi connectivity index (χ1) is 20.0. The minimum absolute atomic E-state index is 0.176. The lowest BCUT2D eigenvalue weighted by Gasteiger charge is -2.26. The summed E-state index contributed by atoms with van der Waals surface area (Å²) >= 11 is 1.25. The van der Waals surface area contributed by atoms with Gasteiger partial charge in [0.2, 0.25) is 0 Å². The zero-order valence-corrected chi connectivity index (χ0v) is 24.1. The minimum Gasteiger partial charge on any atom is -0.497 e. The first-order valence-electron chi connectivity index (χ1n) is 13.2. The summed E-state index contributed by atoms with van der Waals surface area (Å²) in [6.45, 7) is 4.25. The fraction of sp³-hybridized carbons (Fsp3) is 0.219. The normalized spacial score (nSPS) is 14.7. The fourth-order valence-electron chi connectivity index (χ4n) is 4.81. The molecule has 0 saturated heterocycles. The number of hydrogen-bond acceptors (Lipinski definition) is 8. The van der Waals surface area contributed by atoms with Crippen LogP contribution in [0.25, 0.3) is 11.8 Å². The molecule has 5 rings (SSSR count). The van der Waals surface area contributed by atoms with Gasteiger partial charge in [0.25, 0.3) is 5.56 Å². The number of fused-ring (bicyclic) bond motifs is 1. The second-order valence-electron chi connectivity index (χ2n) is 9.02. The highest BCUT2D eigenvalue weighted by molar-refractivity contribution is 7.07. The van der Waals surface area contributed by atoms with Crippen molar-refractivity contribution in [2.24, 2.45) is 4.99 Å². The average Bonchev–Trinajstić information content (AvgIpc) is 3.31. The first-order valence-corrected chi connectivity index (χ1v) is 14.0. The molecule has 210 valence electrons. The number of esters is 1. The van der Waals surface area contributed by atoms with E-state index in [1.54, 1.807) is 31.8 Å². The molecule has 1 atom stereocenters. The number of carbonyl (C=O) groups is 1. The number of methoxy groups -OCH3 is 2. The Morgan fingerprint density at radius 2 is 1.76 bits per heavy atom. The van der Waals surface area contributed by atoms with Crippen LogP contribution in [0.3, 0.4) is 0 Å². The van der Waals surface area contributed by atoms with Crippen molar-refractivity contribution in [3.8, 4) is 17.2 Å². The highest BCUT2D eigenvalue weighted by Crippen LogP contribution is 2.36. The van der Waals surface area contributed by atoms with Gasteiger partial charge in [-0.15, -0.1) is 0 Å². The van der Waals surface area contributed by atoms with Crippen molar-refractivity contribution >= 4 is 29.1 Å². The van der Waals surface area contributed by atoms with E-state index in [-0.39, 0.29) is 17.7 Å². The molecule has 0 N–H and O–H groups in total. The van der Waals surface area contributed by atoms with E-state index in [9.17, 15) is 9.59 Å². The summed E-state index contributed by atoms with van der Waals surface area (Å²) in [6, 6.07) is 21.5. The second-order valence-corrected chi connectivity index (χ2v) is 10.0. The van der Waals surface area contributed by atoms with Gasteiger partial charge in [0.15, 0.2) is 16.3 Å². The zero-order chi connectivity index (χ0) is 28.9. The van der Waals surface area contributed by atoms with E-state index in [0.717, 1.165) is 5.56 Å². The van der Waals surface area contributed by atoms with Crippen molar-refractivity contribution in [3.05, 3.63) is 115 Å². The van der Waals surface area contributed by atoms with Crippen LogP contribution in [0.2, 0.25) is 0 Å². The third kappa shape index (κ3) is 5.40. The molecule has 0 fully saturated rings. The standard InChI is InChI=1S/C32H30N2O6S/c1-5-39-29-22(15-11-17-24(29)38-4)19-25-30(35)34-28(21-14-10-16-23(18-21)37-3)26(31(36)40-6-2)27(33-32(34)41-25)20-12-8-7-9-13-20/h7-19,28H,5-6H2,1-4H3/b25-19+/t28-/m1/s1. The number of hydrogen-bond donors (Lipinski definition) is 0. The van der Waals surface area contributed by atoms with Gasteiger partial charge in [-0.2, -0.15) is 0 Å². The van der Waals surface area contributed by atoms with Crippen molar-refractivity contribution < 1.29 is 23.7 Å². The van der Waals surface area contributed by atoms with Crippen LogP contribution in [-0.4, -0.2) is 38.0 Å². The minimum atomic E-state index is -0.797. The van der Waals surface area contributed by atoms with Gasteiger partial charge in [-0.05, 0) is 43.7 Å². The van der Waals surface area contributed by atoms with Gasteiger partial charge in [0, 0.05) is 11.1 Å². The molecule has 0 spiro atoms. The van der Waals surface area contributed by atoms with Crippen LogP contribution < -0.4 is 29.1 Å². The van der Waals surface area contributed by atoms with E-state index < -0.39 is 12.0 Å². The number of para-hydroxylation sites is 1. The summed E-state index contributed by atoms with van der Waals surface area (Å²) in [6.07, 6.45) is 1.77. The Morgan fingerprint density at radius 1 is 0.976 bits per heavy atom. The molecule has 1 aromatic heterocycles. The maximum atomic E-state index is 14.2. The predicted molar refractivity (Wildman–Crippen MR) is 158 cm³/mol. The number of rotatable bonds is 9. The molecule has 0 unspecified atom stereocenters. The predicted octanol–water partition coefficient (Wildman–Crippen LogP) is 4.35. The third-order valence-corrected chi connectivity index (χ3v) is 7.57. The Bertz CT molecular complexity index is 1790. The van der Waals surface area contributed by atoms with Gasteiger partial charge in [-0.1, -0.05) is 65.9 Å². The van der Waals surface area contributed by atoms with Crippen LogP contribution in [0, 0.1) is 0 Å². The van der Waals surface area contributed by atoms with Crippen LogP contribution in [0.5, 0.6) is 17.2 Å². The lowest BCUT2D eigenvalue weighted by Crippen LogP contribution is -2.40. The fourth-order valence-corrected chi connectivity index (χ4v) is 5.81. The van der Waals surface area contributed by atoms with Gasteiger partial charge in [-0.25, -0.2) is 9.79 Å². The monoisotopic (exact) mass is 570 g/mol. The molecule has 1 aliphatic heterocycles. The molecule has 9 heteroatoms. The Morgan fingerprint density at radius 3 is 2.46 bits per heavy atom. The summed E-state index contributed by atoms with van der Waals surface area (Å²) in [7, 11) is 3.15. The molecule has 41 heavy (non-hydrogen) atoms. The largest absolute Gasteiger partial charge is 0.497 e. The first kappa shape index (κ1) is 27.9. The quantitative estimate of drug-likeness (QED) is 0.278. The van der Waals surface area contributed by atoms with Crippen molar-refractivity contribution in [2.45, 2.75) is 19.9 Å². The number of ether oxygens (including phenoxy) is 4. The van der Waals surface area contributed by atoms with Gasteiger partial charge >= 0.3 is 5.97 Å². The van der Waals surface area contributed by atoms with E-state index in [2.05, 4.69) is 0 Å². The molecule has 0 amide bonds. The SMILES string of the molecule is CCOC(=O)C1=C(c2ccccc2)N=c2s/c(=C/c3cccc(OC)c3OCC)c(=O)n2[C@@H]1c1cccc(OC)c1. The van der Waals surface area contributed by atoms with Gasteiger partial charge in [0.1, 0.15) is 5.75 Å². The highest BCUT2D eigenvalue weighted by Gasteiger charge is 2.35. The zero-order valence-electron chi connectivity index (χ0n) is 23.2. The van der Waals surface area contributed by atoms with Crippen LogP contribution >= 0.6 is 11.3 Å². The molecule has 0 bridgehead atoms. The van der Waals surface area contributed by atoms with E-state index in [4.69, 9.17) is 23.9 Å². The van der Waals surface area contributed by atoms with E-state index >= 15 is 0 Å². The van der Waals surface area contributed by atoms with Gasteiger partial charge in [0.05, 0.1) is 49.3 Å². The molecule has 3 aromatic carbocycles. The van der Waals surface area contributed by atoms with E-state index in [1.165, 1.54) is 11.3 Å². The molecule has 0 saturated carbocycles. The van der Waals surface area contributed by atoms with Crippen molar-refractivity contribution in [2.75, 3.05) is 27.4 Å². The lowest BCUT2D eigenvalue weighted by molar-refractivity contribution is -0.138. The van der Waals surface area contributed by atoms with E-state index in [0.29, 0.717) is 50.0 Å². The second kappa shape index (κ2) is 12.3. The molecule has 1 aliphatic rings. The number of benzene rings is 3. The Labute approximate surface area is 241 Å². The molecule has 0 radical (unpaired) electrons. The molecular weight excluding hydrogens is 540 g/mol. The van der Waals surface area contributed by atoms with Crippen LogP contribution in [0.1, 0.15) is 36.6 Å². The maximum absolute atomic E-state index is 14.2. The van der Waals surface area contributed by atoms with Crippen molar-refractivity contribution in [1.82, 2.24) is 4.57 Å². The third-order valence-electron chi connectivity index (χ3n) is 6.59. The molecule has 8 nitrogen and oxygen atoms in total. The van der Waals surface area contributed by atoms with Crippen LogP contribution in [-0.2, 0) is 9.53 Å². The number of carbonyl (C=O) groups excluding carboxylic acids is 1. The van der Waals surface area contributed by atoms with E-state index in [1.807, 2.05) is 79.7 Å². The Hall–Kier alpha value is -4.63. The topological polar surface area (TPSA) is 88.4 Å². The Kier molecular flexibility index (Phi) is 8.35. The van der Waals surface area contributed by atoms with Crippen LogP contribution in [0.15, 0.2) is 88.2 Å².